The molecule has 0 unspecified atom stereocenters. The Morgan fingerprint density at radius 3 is 2.09 bits per heavy atom. The second-order valence-corrected chi connectivity index (χ2v) is 1.54. The van der Waals surface area contributed by atoms with Gasteiger partial charge >= 0.3 is 5.97 Å². The number of aromatic nitrogens is 1. The van der Waals surface area contributed by atoms with E-state index in [1.165, 1.54) is 24.5 Å². The van der Waals surface area contributed by atoms with Crippen molar-refractivity contribution < 1.29 is 9.90 Å². The molecule has 5 nitrogen and oxygen atoms in total. The van der Waals surface area contributed by atoms with Crippen LogP contribution in [0.4, 0.5) is 0 Å². The van der Waals surface area contributed by atoms with Gasteiger partial charge < -0.3 is 5.11 Å². The van der Waals surface area contributed by atoms with Gasteiger partial charge in [0, 0.05) is 12.4 Å². The predicted molar refractivity (Wildman–Crippen MR) is 37.3 cm³/mol. The number of nitrogens with zero attached hydrogens (tertiary/aromatic N) is 1. The lowest BCUT2D eigenvalue weighted by Crippen LogP contribution is -1.94. The van der Waals surface area contributed by atoms with E-state index in [1.807, 2.05) is 0 Å². The standard InChI is InChI=1S/C6H5NO2.HNO/c8-6(9)5-1-3-7-4-2-5;1-2/h1-4H,(H,8,9);1H. The first-order valence-corrected chi connectivity index (χ1v) is 2.64. The molecule has 1 heterocycles. The molecule has 0 aromatic carbocycles. The number of rotatable bonds is 1. The fourth-order valence-electron chi connectivity index (χ4n) is 0.494. The number of aromatic carboxylic acids is 1. The fraction of sp³-hybridized carbons (Fsp3) is 0. The summed E-state index contributed by atoms with van der Waals surface area (Å²) < 4.78 is 0. The molecule has 11 heavy (non-hydrogen) atoms. The van der Waals surface area contributed by atoms with Gasteiger partial charge in [0.25, 0.3) is 0 Å². The summed E-state index contributed by atoms with van der Waals surface area (Å²) in [4.78, 5) is 21.3. The first-order valence-electron chi connectivity index (χ1n) is 2.64. The highest BCUT2D eigenvalue weighted by molar-refractivity contribution is 5.87. The van der Waals surface area contributed by atoms with E-state index >= 15 is 0 Å². The molecule has 0 bridgehead atoms. The zero-order valence-corrected chi connectivity index (χ0v) is 5.52. The Labute approximate surface area is 62.5 Å². The molecule has 0 fully saturated rings. The van der Waals surface area contributed by atoms with Crippen LogP contribution in [-0.4, -0.2) is 16.1 Å². The van der Waals surface area contributed by atoms with Gasteiger partial charge in [-0.1, -0.05) is 5.59 Å². The largest absolute Gasteiger partial charge is 0.478 e. The molecular formula is C6H6N2O3. The Morgan fingerprint density at radius 2 is 1.82 bits per heavy atom. The highest BCUT2D eigenvalue weighted by Gasteiger charge is 1.97. The monoisotopic (exact) mass is 154 g/mol. The van der Waals surface area contributed by atoms with Crippen LogP contribution in [0.1, 0.15) is 10.4 Å². The lowest BCUT2D eigenvalue weighted by molar-refractivity contribution is 0.0697. The normalized spacial score (nSPS) is 7.64. The first-order chi connectivity index (χ1) is 5.30. The van der Waals surface area contributed by atoms with Crippen molar-refractivity contribution in [1.29, 1.82) is 5.59 Å². The Balaban J connectivity index is 0.000000461. The van der Waals surface area contributed by atoms with Gasteiger partial charge in [-0.15, -0.1) is 0 Å². The van der Waals surface area contributed by atoms with E-state index in [9.17, 15) is 4.79 Å². The summed E-state index contributed by atoms with van der Waals surface area (Å²) in [7, 11) is 0. The molecule has 0 aliphatic rings. The van der Waals surface area contributed by atoms with Gasteiger partial charge in [-0.25, -0.2) is 4.79 Å². The third-order valence-electron chi connectivity index (χ3n) is 0.927. The summed E-state index contributed by atoms with van der Waals surface area (Å²) in [6.07, 6.45) is 2.90. The van der Waals surface area contributed by atoms with E-state index in [0.29, 0.717) is 0 Å². The van der Waals surface area contributed by atoms with Gasteiger partial charge in [0.2, 0.25) is 0 Å². The molecule has 0 saturated heterocycles. The van der Waals surface area contributed by atoms with E-state index < -0.39 is 5.97 Å². The van der Waals surface area contributed by atoms with Crippen LogP contribution in [0.5, 0.6) is 0 Å². The van der Waals surface area contributed by atoms with Gasteiger partial charge in [0.05, 0.1) is 5.56 Å². The topological polar surface area (TPSA) is 91.1 Å². The van der Waals surface area contributed by atoms with Crippen LogP contribution in [0.25, 0.3) is 0 Å². The number of carboxylic acid groups (broad SMARTS) is 1. The SMILES string of the molecule is N=O.O=C(O)c1ccncc1. The van der Waals surface area contributed by atoms with Crippen LogP contribution in [0.2, 0.25) is 0 Å². The molecule has 0 spiro atoms. The number of nitrogens with one attached hydrogen (secondary N) is 1. The van der Waals surface area contributed by atoms with Crippen LogP contribution in [0.3, 0.4) is 0 Å². The molecule has 0 saturated carbocycles. The van der Waals surface area contributed by atoms with Gasteiger partial charge in [0.15, 0.2) is 0 Å². The summed E-state index contributed by atoms with van der Waals surface area (Å²) in [5, 5.41) is 8.36. The van der Waals surface area contributed by atoms with Crippen LogP contribution in [0, 0.1) is 10.5 Å². The third kappa shape index (κ3) is 3.04. The Hall–Kier alpha value is -1.78. The van der Waals surface area contributed by atoms with Gasteiger partial charge in [-0.2, -0.15) is 4.91 Å². The maximum absolute atomic E-state index is 10.2. The van der Waals surface area contributed by atoms with E-state index in [4.69, 9.17) is 10.0 Å². The molecule has 1 aromatic rings. The smallest absolute Gasteiger partial charge is 0.335 e. The highest BCUT2D eigenvalue weighted by atomic mass is 16.4. The summed E-state index contributed by atoms with van der Waals surface area (Å²) in [5.74, 6) is -0.919. The number of hydrogen-bond acceptors (Lipinski definition) is 4. The van der Waals surface area contributed by atoms with Crippen molar-refractivity contribution in [1.82, 2.24) is 4.98 Å². The number of carbonyl (C=O) groups is 1. The number of hydrogen-bond donors (Lipinski definition) is 2. The van der Waals surface area contributed by atoms with Crippen LogP contribution in [-0.2, 0) is 0 Å². The lowest BCUT2D eigenvalue weighted by Gasteiger charge is -1.87. The van der Waals surface area contributed by atoms with Crippen LogP contribution in [0.15, 0.2) is 24.5 Å². The average Bonchev–Trinajstić information content (AvgIpc) is 2.10. The minimum Gasteiger partial charge on any atom is -0.478 e. The third-order valence-corrected chi connectivity index (χ3v) is 0.927. The molecule has 1 rings (SSSR count). The maximum atomic E-state index is 10.2. The average molecular weight is 154 g/mol. The number of pyridine rings is 1. The Kier molecular flexibility index (Phi) is 4.22. The molecule has 0 aliphatic heterocycles. The molecule has 1 aromatic heterocycles. The molecule has 58 valence electrons. The first kappa shape index (κ1) is 9.22. The Morgan fingerprint density at radius 1 is 1.36 bits per heavy atom. The predicted octanol–water partition coefficient (Wildman–Crippen LogP) is 1.11. The van der Waals surface area contributed by atoms with Crippen molar-refractivity contribution in [2.45, 2.75) is 0 Å². The van der Waals surface area contributed by atoms with Gasteiger partial charge in [-0.05, 0) is 12.1 Å². The Bertz CT molecular complexity index is 225. The van der Waals surface area contributed by atoms with Crippen molar-refractivity contribution >= 4 is 5.97 Å². The van der Waals surface area contributed by atoms with Gasteiger partial charge in [-0.3, -0.25) is 4.98 Å². The zero-order chi connectivity index (χ0) is 8.69. The number of carboxylic acids is 1. The molecular weight excluding hydrogens is 148 g/mol. The summed E-state index contributed by atoms with van der Waals surface area (Å²) in [5.41, 5.74) is 4.77. The van der Waals surface area contributed by atoms with Gasteiger partial charge in [0.1, 0.15) is 0 Å². The minimum atomic E-state index is -0.919. The van der Waals surface area contributed by atoms with Crippen molar-refractivity contribution in [2.24, 2.45) is 0 Å². The fourth-order valence-corrected chi connectivity index (χ4v) is 0.494. The summed E-state index contributed by atoms with van der Waals surface area (Å²) in [6, 6.07) is 2.89. The summed E-state index contributed by atoms with van der Waals surface area (Å²) in [6.45, 7) is 0. The summed E-state index contributed by atoms with van der Waals surface area (Å²) >= 11 is 0. The van der Waals surface area contributed by atoms with Crippen molar-refractivity contribution in [3.8, 4) is 0 Å². The van der Waals surface area contributed by atoms with Crippen molar-refractivity contribution in [2.75, 3.05) is 0 Å². The second-order valence-electron chi connectivity index (χ2n) is 1.54. The molecule has 0 amide bonds. The van der Waals surface area contributed by atoms with Crippen LogP contribution < -0.4 is 0 Å². The van der Waals surface area contributed by atoms with Crippen molar-refractivity contribution in [3.63, 3.8) is 0 Å². The van der Waals surface area contributed by atoms with Crippen molar-refractivity contribution in [3.05, 3.63) is 35.0 Å². The highest BCUT2D eigenvalue weighted by Crippen LogP contribution is 1.93. The second kappa shape index (κ2) is 5.04. The maximum Gasteiger partial charge on any atom is 0.335 e. The lowest BCUT2D eigenvalue weighted by atomic mass is 10.3. The molecule has 0 radical (unpaired) electrons. The molecule has 0 aliphatic carbocycles. The minimum absolute atomic E-state index is 0.269. The molecule has 5 heteroatoms. The zero-order valence-electron chi connectivity index (χ0n) is 5.52. The van der Waals surface area contributed by atoms with E-state index in [1.54, 1.807) is 0 Å². The van der Waals surface area contributed by atoms with E-state index in [2.05, 4.69) is 10.6 Å². The quantitative estimate of drug-likeness (QED) is 0.592. The number of nitroso groups, excluding NO2 is 1. The molecule has 0 atom stereocenters. The van der Waals surface area contributed by atoms with E-state index in [0.717, 1.165) is 0 Å². The molecule has 2 N–H and O–H groups in total. The van der Waals surface area contributed by atoms with E-state index in [-0.39, 0.29) is 5.56 Å². The van der Waals surface area contributed by atoms with Crippen LogP contribution >= 0.6 is 0 Å².